The maximum Gasteiger partial charge on any atom is 0.410 e. The van der Waals surface area contributed by atoms with Crippen molar-refractivity contribution in [1.29, 1.82) is 0 Å². The number of ether oxygens (including phenoxy) is 12. The molecule has 0 aromatic heterocycles. The number of esters is 2. The number of nitrogens with zero attached hydrogens (tertiary/aromatic N) is 10. The van der Waals surface area contributed by atoms with E-state index in [0.717, 1.165) is 19.4 Å². The largest absolute Gasteiger partial charge is 0.463 e. The normalized spacial score (nSPS) is 31.8. The van der Waals surface area contributed by atoms with Gasteiger partial charge < -0.3 is 82.6 Å². The monoisotopic (exact) mass is 1170 g/mol. The number of likely N-dealkylation sites (N-methyl/N-ethyl adjacent to an activating group) is 1. The molecular weight excluding hydrogens is 1110 g/mol. The fourth-order valence-corrected chi connectivity index (χ4v) is 10.4. The summed E-state index contributed by atoms with van der Waals surface area (Å²) in [6, 6.07) is 20.5. The second-order valence-electron chi connectivity index (χ2n) is 20.2. The van der Waals surface area contributed by atoms with Gasteiger partial charge in [0.15, 0.2) is 31.1 Å². The predicted molar refractivity (Wildman–Crippen MR) is 284 cm³/mol. The lowest BCUT2D eigenvalue weighted by Gasteiger charge is -2.49. The van der Waals surface area contributed by atoms with Crippen LogP contribution in [-0.4, -0.2) is 182 Å². The molecular formula is C53H64N12O19. The van der Waals surface area contributed by atoms with E-state index in [1.54, 1.807) is 79.7 Å². The maximum atomic E-state index is 14.3. The molecule has 5 aliphatic rings. The van der Waals surface area contributed by atoms with Crippen molar-refractivity contribution in [3.05, 3.63) is 139 Å². The number of carbonyl (C=O) groups is 5. The Hall–Kier alpha value is -8.02. The topological polar surface area (TPSA) is 410 Å². The summed E-state index contributed by atoms with van der Waals surface area (Å²) in [5, 5.41) is 38.8. The number of fused-ring (bicyclic) bond motifs is 1. The van der Waals surface area contributed by atoms with Crippen molar-refractivity contribution in [3.63, 3.8) is 0 Å². The number of azide groups is 3. The molecule has 4 saturated heterocycles. The quantitative estimate of drug-likeness (QED) is 0.0319. The summed E-state index contributed by atoms with van der Waals surface area (Å²) < 4.78 is 74.5. The van der Waals surface area contributed by atoms with Crippen molar-refractivity contribution >= 4 is 30.2 Å². The van der Waals surface area contributed by atoms with Crippen LogP contribution in [0, 0.1) is 0 Å². The molecule has 4 aliphatic heterocycles. The van der Waals surface area contributed by atoms with E-state index in [1.165, 1.54) is 11.9 Å². The first-order chi connectivity index (χ1) is 40.6. The zero-order valence-electron chi connectivity index (χ0n) is 45.9. The van der Waals surface area contributed by atoms with Gasteiger partial charge >= 0.3 is 30.2 Å². The molecule has 8 rings (SSSR count). The van der Waals surface area contributed by atoms with Crippen molar-refractivity contribution < 1.29 is 91.0 Å². The van der Waals surface area contributed by atoms with Gasteiger partial charge in [-0.2, -0.15) is 0 Å². The minimum atomic E-state index is -1.89. The number of amides is 3. The van der Waals surface area contributed by atoms with Gasteiger partial charge in [-0.05, 0) is 53.0 Å². The number of benzene rings is 3. The van der Waals surface area contributed by atoms with E-state index in [-0.39, 0.29) is 32.7 Å². The first-order valence-electron chi connectivity index (χ1n) is 26.8. The SMILES string of the molecule is CC(=O)OC[C@H]1O[C@@H](O[C@H]2[C@H](O[C@H]3O[C@H](C(C)N(C)C(=O)OCc4ccccc4)CC[C@H]3N=[N+]=[N-])[C@@H](NC(=O)OCc3ccccc3)[C@H](OCc3ccccc3)[C@H]3NC(=O)O[C@@H]32)[C@H](OC(C)=O)[C@@H]1O[C@H]1O[C@@H](CN=[N+]=[N-])[C@H](O)[C@H](O)[C@H]1N=[N+]=[N-]. The van der Waals surface area contributed by atoms with Crippen molar-refractivity contribution in [3.8, 4) is 0 Å². The number of hydrogen-bond donors (Lipinski definition) is 4. The molecule has 0 radical (unpaired) electrons. The van der Waals surface area contributed by atoms with E-state index in [4.69, 9.17) is 62.4 Å². The Kier molecular flexibility index (Phi) is 21.8. The molecule has 19 atom stereocenters. The molecule has 0 bridgehead atoms. The standard InChI is InChI=1S/C53H64N12O19/c1-27(65(4)53(72)76-25-32-18-12-7-13-19-32)34-21-20-33(60-63-55)48(78-34)82-44-38(58-51(70)75-24-31-16-10-6-11-17-31)43(74-23-30-14-8-5-9-15-30)39-45(84-52(71)59-39)46(44)83-50-47(77-29(3)67)42(36(80-50)26-73-28(2)66)81-49-37(61-64-56)41(69)40(68)35(79-49)22-57-62-54/h5-19,27,33-50,68-69H,20-26H2,1-4H3,(H,58,70)(H,59,71)/t27?,33-,34+,35+,36-,37-,38+,39-,40+,41-,42-,43+,44-,45+,46+,47-,48-,49-,50+/m1/s1. The smallest absolute Gasteiger partial charge is 0.410 e. The van der Waals surface area contributed by atoms with Gasteiger partial charge in [0.05, 0.1) is 49.6 Å². The second kappa shape index (κ2) is 29.5. The molecule has 1 aliphatic carbocycles. The predicted octanol–water partition coefficient (Wildman–Crippen LogP) is 5.01. The molecule has 5 fully saturated rings. The lowest BCUT2D eigenvalue weighted by Crippen LogP contribution is -2.72. The highest BCUT2D eigenvalue weighted by atomic mass is 16.8. The van der Waals surface area contributed by atoms with Gasteiger partial charge in [-0.25, -0.2) is 14.4 Å². The van der Waals surface area contributed by atoms with E-state index in [0.29, 0.717) is 11.1 Å². The van der Waals surface area contributed by atoms with Gasteiger partial charge in [0.2, 0.25) is 0 Å². The molecule has 3 amide bonds. The molecule has 450 valence electrons. The Bertz CT molecular complexity index is 2870. The van der Waals surface area contributed by atoms with Crippen LogP contribution in [0.3, 0.4) is 0 Å². The minimum absolute atomic E-state index is 0.0229. The highest BCUT2D eigenvalue weighted by Crippen LogP contribution is 2.41. The summed E-state index contributed by atoms with van der Waals surface area (Å²) in [5.74, 6) is -1.75. The third kappa shape index (κ3) is 15.6. The average Bonchev–Trinajstić information content (AvgIpc) is 3.98. The Morgan fingerprint density at radius 1 is 0.702 bits per heavy atom. The fourth-order valence-electron chi connectivity index (χ4n) is 10.4. The molecule has 3 aromatic rings. The van der Waals surface area contributed by atoms with Gasteiger partial charge in [-0.3, -0.25) is 9.59 Å². The van der Waals surface area contributed by atoms with Crippen LogP contribution in [0.1, 0.15) is 50.3 Å². The molecule has 4 N–H and O–H groups in total. The number of aliphatic hydroxyl groups is 2. The van der Waals surface area contributed by atoms with Gasteiger partial charge in [0.25, 0.3) is 0 Å². The van der Waals surface area contributed by atoms with E-state index in [2.05, 4.69) is 40.7 Å². The fraction of sp³-hybridized carbons (Fsp3) is 0.566. The zero-order chi connectivity index (χ0) is 59.9. The van der Waals surface area contributed by atoms with Crippen LogP contribution >= 0.6 is 0 Å². The Balaban J connectivity index is 1.19. The lowest BCUT2D eigenvalue weighted by atomic mass is 9.81. The summed E-state index contributed by atoms with van der Waals surface area (Å²) >= 11 is 0. The van der Waals surface area contributed by atoms with Crippen molar-refractivity contribution in [2.75, 3.05) is 20.2 Å². The molecule has 1 saturated carbocycles. The van der Waals surface area contributed by atoms with Crippen LogP contribution < -0.4 is 10.6 Å². The minimum Gasteiger partial charge on any atom is -0.463 e. The van der Waals surface area contributed by atoms with Crippen LogP contribution in [0.5, 0.6) is 0 Å². The first kappa shape index (κ1) is 62.0. The van der Waals surface area contributed by atoms with Crippen LogP contribution in [0.2, 0.25) is 0 Å². The summed E-state index contributed by atoms with van der Waals surface area (Å²) in [6.45, 7) is 2.33. The van der Waals surface area contributed by atoms with Crippen LogP contribution in [-0.2, 0) is 86.3 Å². The van der Waals surface area contributed by atoms with Crippen molar-refractivity contribution in [1.82, 2.24) is 15.5 Å². The summed E-state index contributed by atoms with van der Waals surface area (Å²) in [6.07, 6.45) is -24.5. The second-order valence-corrected chi connectivity index (χ2v) is 20.2. The number of carbonyl (C=O) groups excluding carboxylic acids is 5. The van der Waals surface area contributed by atoms with E-state index >= 15 is 0 Å². The van der Waals surface area contributed by atoms with Crippen molar-refractivity contribution in [2.45, 2.75) is 170 Å². The Labute approximate surface area is 479 Å². The van der Waals surface area contributed by atoms with E-state index in [1.807, 2.05) is 18.2 Å². The summed E-state index contributed by atoms with van der Waals surface area (Å²) in [4.78, 5) is 77.1. The Morgan fingerprint density at radius 2 is 1.31 bits per heavy atom. The van der Waals surface area contributed by atoms with Gasteiger partial charge in [-0.1, -0.05) is 106 Å². The third-order valence-corrected chi connectivity index (χ3v) is 14.7. The highest BCUT2D eigenvalue weighted by Gasteiger charge is 2.62. The molecule has 3 aromatic carbocycles. The number of aliphatic hydroxyl groups excluding tert-OH is 2. The van der Waals surface area contributed by atoms with Crippen molar-refractivity contribution in [2.24, 2.45) is 15.3 Å². The number of rotatable bonds is 23. The van der Waals surface area contributed by atoms with E-state index in [9.17, 15) is 45.2 Å². The van der Waals surface area contributed by atoms with Gasteiger partial charge in [0, 0.05) is 35.6 Å². The van der Waals surface area contributed by atoms with Crippen LogP contribution in [0.15, 0.2) is 106 Å². The lowest BCUT2D eigenvalue weighted by molar-refractivity contribution is -0.299. The van der Waals surface area contributed by atoms with E-state index < -0.39 is 160 Å². The number of hydrogen-bond acceptors (Lipinski definition) is 22. The summed E-state index contributed by atoms with van der Waals surface area (Å²) in [7, 11) is 1.52. The molecule has 31 heteroatoms. The Morgan fingerprint density at radius 3 is 1.93 bits per heavy atom. The maximum absolute atomic E-state index is 14.3. The highest BCUT2D eigenvalue weighted by molar-refractivity contribution is 5.72. The summed E-state index contributed by atoms with van der Waals surface area (Å²) in [5.41, 5.74) is 30.6. The number of alkyl carbamates (subject to hydrolysis) is 2. The molecule has 0 spiro atoms. The van der Waals surface area contributed by atoms with Gasteiger partial charge in [-0.15, -0.1) is 0 Å². The molecule has 31 nitrogen and oxygen atoms in total. The molecule has 4 heterocycles. The van der Waals surface area contributed by atoms with Crippen LogP contribution in [0.4, 0.5) is 14.4 Å². The average molecular weight is 1170 g/mol. The molecule has 84 heavy (non-hydrogen) atoms. The first-order valence-corrected chi connectivity index (χ1v) is 26.8. The van der Waals surface area contributed by atoms with Crippen LogP contribution in [0.25, 0.3) is 31.3 Å². The molecule has 1 unspecified atom stereocenters. The van der Waals surface area contributed by atoms with Gasteiger partial charge in [0.1, 0.15) is 68.5 Å². The third-order valence-electron chi connectivity index (χ3n) is 14.7. The zero-order valence-corrected chi connectivity index (χ0v) is 45.9. The number of nitrogens with one attached hydrogen (secondary N) is 2.